The Labute approximate surface area is 125 Å². The lowest BCUT2D eigenvalue weighted by molar-refractivity contribution is -0.130. The second kappa shape index (κ2) is 7.41. The van der Waals surface area contributed by atoms with Crippen molar-refractivity contribution in [3.05, 3.63) is 84.6 Å². The quantitative estimate of drug-likeness (QED) is 0.884. The van der Waals surface area contributed by atoms with Crippen molar-refractivity contribution in [2.45, 2.75) is 19.0 Å². The number of carbonyl (C=O) groups is 1. The van der Waals surface area contributed by atoms with Crippen LogP contribution in [0.2, 0.25) is 0 Å². The number of nitrogens with zero attached hydrogens (tertiary/aromatic N) is 1. The van der Waals surface area contributed by atoms with E-state index in [9.17, 15) is 4.79 Å². The Balaban J connectivity index is 2.00. The second-order valence-electron chi connectivity index (χ2n) is 4.93. The highest BCUT2D eigenvalue weighted by atomic mass is 16.2. The summed E-state index contributed by atoms with van der Waals surface area (Å²) in [6.07, 6.45) is 2.07. The number of carbonyl (C=O) groups excluding carboxylic acids is 1. The van der Waals surface area contributed by atoms with E-state index in [4.69, 9.17) is 5.73 Å². The molecule has 0 unspecified atom stereocenters. The molecular weight excluding hydrogens is 260 g/mol. The van der Waals surface area contributed by atoms with Crippen LogP contribution in [0.4, 0.5) is 0 Å². The fourth-order valence-corrected chi connectivity index (χ4v) is 2.18. The molecule has 2 aromatic carbocycles. The van der Waals surface area contributed by atoms with Gasteiger partial charge in [0.25, 0.3) is 0 Å². The maximum absolute atomic E-state index is 12.4. The van der Waals surface area contributed by atoms with E-state index in [1.165, 1.54) is 0 Å². The number of benzene rings is 2. The molecule has 0 aliphatic heterocycles. The molecule has 0 radical (unpaired) electrons. The van der Waals surface area contributed by atoms with Crippen LogP contribution in [-0.2, 0) is 17.8 Å². The lowest BCUT2D eigenvalue weighted by atomic mass is 10.1. The number of hydrogen-bond acceptors (Lipinski definition) is 2. The highest BCUT2D eigenvalue weighted by Gasteiger charge is 2.19. The fourth-order valence-electron chi connectivity index (χ4n) is 2.18. The molecule has 0 saturated carbocycles. The topological polar surface area (TPSA) is 46.3 Å². The van der Waals surface area contributed by atoms with Crippen molar-refractivity contribution in [3.8, 4) is 0 Å². The smallest absolute Gasteiger partial charge is 0.244 e. The van der Waals surface area contributed by atoms with Gasteiger partial charge in [-0.1, -0.05) is 67.2 Å². The highest BCUT2D eigenvalue weighted by Crippen LogP contribution is 2.09. The van der Waals surface area contributed by atoms with Crippen LogP contribution in [0.5, 0.6) is 0 Å². The normalized spacial score (nSPS) is 11.7. The number of hydrogen-bond donors (Lipinski definition) is 1. The summed E-state index contributed by atoms with van der Waals surface area (Å²) in [5.41, 5.74) is 8.15. The third-order valence-electron chi connectivity index (χ3n) is 3.31. The lowest BCUT2D eigenvalue weighted by Gasteiger charge is -2.22. The monoisotopic (exact) mass is 280 g/mol. The molecule has 108 valence electrons. The first-order valence-electron chi connectivity index (χ1n) is 6.97. The maximum atomic E-state index is 12.4. The van der Waals surface area contributed by atoms with E-state index >= 15 is 0 Å². The molecule has 0 aromatic heterocycles. The molecule has 21 heavy (non-hydrogen) atoms. The lowest BCUT2D eigenvalue weighted by Crippen LogP contribution is -2.42. The summed E-state index contributed by atoms with van der Waals surface area (Å²) >= 11 is 0. The second-order valence-corrected chi connectivity index (χ2v) is 4.93. The van der Waals surface area contributed by atoms with Crippen molar-refractivity contribution < 1.29 is 4.79 Å². The zero-order valence-electron chi connectivity index (χ0n) is 12.0. The van der Waals surface area contributed by atoms with Crippen LogP contribution >= 0.6 is 0 Å². The van der Waals surface area contributed by atoms with E-state index in [1.807, 2.05) is 60.7 Å². The first kappa shape index (κ1) is 15.0. The highest BCUT2D eigenvalue weighted by molar-refractivity contribution is 5.82. The van der Waals surface area contributed by atoms with Crippen molar-refractivity contribution in [1.29, 1.82) is 0 Å². The minimum Gasteiger partial charge on any atom is -0.320 e. The van der Waals surface area contributed by atoms with E-state index in [2.05, 4.69) is 6.58 Å². The van der Waals surface area contributed by atoms with Crippen LogP contribution < -0.4 is 5.73 Å². The van der Waals surface area contributed by atoms with Gasteiger partial charge in [-0.3, -0.25) is 4.79 Å². The molecule has 0 saturated heterocycles. The Morgan fingerprint density at radius 3 is 2.10 bits per heavy atom. The molecule has 2 rings (SSSR count). The molecule has 0 aliphatic carbocycles. The molecule has 1 atom stereocenters. The average Bonchev–Trinajstić information content (AvgIpc) is 2.54. The molecule has 3 nitrogen and oxygen atoms in total. The summed E-state index contributed by atoms with van der Waals surface area (Å²) in [5.74, 6) is -0.113. The zero-order valence-corrected chi connectivity index (χ0v) is 12.0. The van der Waals surface area contributed by atoms with Crippen molar-refractivity contribution >= 4 is 5.91 Å². The van der Waals surface area contributed by atoms with Gasteiger partial charge in [0.1, 0.15) is 0 Å². The zero-order chi connectivity index (χ0) is 15.1. The van der Waals surface area contributed by atoms with Gasteiger partial charge in [0.05, 0.1) is 12.6 Å². The minimum absolute atomic E-state index is 0.113. The predicted octanol–water partition coefficient (Wildman–Crippen LogP) is 2.73. The molecule has 3 heteroatoms. The molecule has 2 aromatic rings. The van der Waals surface area contributed by atoms with Gasteiger partial charge in [0.15, 0.2) is 0 Å². The molecule has 0 spiro atoms. The molecular formula is C18H20N2O. The summed E-state index contributed by atoms with van der Waals surface area (Å²) in [6.45, 7) is 4.21. The van der Waals surface area contributed by atoms with E-state index in [-0.39, 0.29) is 5.91 Å². The van der Waals surface area contributed by atoms with Gasteiger partial charge in [-0.25, -0.2) is 0 Å². The Morgan fingerprint density at radius 2 is 1.57 bits per heavy atom. The van der Waals surface area contributed by atoms with Gasteiger partial charge in [0, 0.05) is 0 Å². The van der Waals surface area contributed by atoms with E-state index < -0.39 is 6.04 Å². The fraction of sp³-hybridized carbons (Fsp3) is 0.167. The van der Waals surface area contributed by atoms with E-state index in [1.54, 1.807) is 11.1 Å². The van der Waals surface area contributed by atoms with Crippen molar-refractivity contribution in [2.75, 3.05) is 0 Å². The number of amides is 1. The molecule has 0 aliphatic rings. The standard InChI is InChI=1S/C18H20N2O/c1-2-20(14-16-11-7-4-8-12-16)18(21)17(19)13-15-9-5-3-6-10-15/h2-12,17H,1,13-14,19H2/t17-/m0/s1. The summed E-state index contributed by atoms with van der Waals surface area (Å²) in [4.78, 5) is 14.0. The van der Waals surface area contributed by atoms with Crippen molar-refractivity contribution in [1.82, 2.24) is 4.90 Å². The van der Waals surface area contributed by atoms with Gasteiger partial charge in [-0.15, -0.1) is 0 Å². The van der Waals surface area contributed by atoms with Crippen LogP contribution in [0.1, 0.15) is 11.1 Å². The largest absolute Gasteiger partial charge is 0.320 e. The molecule has 1 amide bonds. The first-order chi connectivity index (χ1) is 10.2. The van der Waals surface area contributed by atoms with Crippen molar-refractivity contribution in [2.24, 2.45) is 5.73 Å². The Hall–Kier alpha value is -2.39. The third-order valence-corrected chi connectivity index (χ3v) is 3.31. The minimum atomic E-state index is -0.561. The Bertz CT molecular complexity index is 581. The molecule has 2 N–H and O–H groups in total. The van der Waals surface area contributed by atoms with Crippen LogP contribution in [0.15, 0.2) is 73.4 Å². The van der Waals surface area contributed by atoms with Crippen LogP contribution in [0, 0.1) is 0 Å². The molecule has 0 fully saturated rings. The summed E-state index contributed by atoms with van der Waals surface area (Å²) in [7, 11) is 0. The maximum Gasteiger partial charge on any atom is 0.244 e. The van der Waals surface area contributed by atoms with E-state index in [0.29, 0.717) is 13.0 Å². The van der Waals surface area contributed by atoms with Gasteiger partial charge in [0.2, 0.25) is 5.91 Å². The van der Waals surface area contributed by atoms with Gasteiger partial charge >= 0.3 is 0 Å². The van der Waals surface area contributed by atoms with Crippen LogP contribution in [-0.4, -0.2) is 16.8 Å². The SMILES string of the molecule is C=CN(Cc1ccccc1)C(=O)[C@@H](N)Cc1ccccc1. The number of rotatable bonds is 6. The van der Waals surface area contributed by atoms with E-state index in [0.717, 1.165) is 11.1 Å². The summed E-state index contributed by atoms with van der Waals surface area (Å²) in [6, 6.07) is 19.0. The van der Waals surface area contributed by atoms with Gasteiger partial charge in [-0.05, 0) is 23.7 Å². The van der Waals surface area contributed by atoms with Crippen LogP contribution in [0.25, 0.3) is 0 Å². The molecule has 0 heterocycles. The summed E-state index contributed by atoms with van der Waals surface area (Å²) < 4.78 is 0. The summed E-state index contributed by atoms with van der Waals surface area (Å²) in [5, 5.41) is 0. The molecule has 0 bridgehead atoms. The first-order valence-corrected chi connectivity index (χ1v) is 6.97. The van der Waals surface area contributed by atoms with Crippen LogP contribution in [0.3, 0.4) is 0 Å². The van der Waals surface area contributed by atoms with Gasteiger partial charge in [-0.2, -0.15) is 0 Å². The predicted molar refractivity (Wildman–Crippen MR) is 85.3 cm³/mol. The average molecular weight is 280 g/mol. The Morgan fingerprint density at radius 1 is 1.05 bits per heavy atom. The Kier molecular flexibility index (Phi) is 5.29. The van der Waals surface area contributed by atoms with Gasteiger partial charge < -0.3 is 10.6 Å². The third kappa shape index (κ3) is 4.29. The number of nitrogens with two attached hydrogens (primary N) is 1. The van der Waals surface area contributed by atoms with Crippen molar-refractivity contribution in [3.63, 3.8) is 0 Å².